The smallest absolute Gasteiger partial charge is 0.333 e. The molecule has 41 heavy (non-hydrogen) atoms. The zero-order chi connectivity index (χ0) is 29.7. The average molecular weight is 575 g/mol. The summed E-state index contributed by atoms with van der Waals surface area (Å²) in [4.78, 5) is 28.7. The summed E-state index contributed by atoms with van der Waals surface area (Å²) in [5.41, 5.74) is -2.29. The molecule has 5 rings (SSSR count). The normalized spacial score (nSPS) is 37.6. The van der Waals surface area contributed by atoms with Crippen molar-refractivity contribution in [3.05, 3.63) is 46.6 Å². The molecule has 2 aliphatic heterocycles. The van der Waals surface area contributed by atoms with Crippen LogP contribution in [0.4, 0.5) is 0 Å². The highest BCUT2D eigenvalue weighted by Gasteiger charge is 2.74. The number of carboxylic acid groups (broad SMARTS) is 1. The largest absolute Gasteiger partial charge is 0.658 e. The fourth-order valence-electron chi connectivity index (χ4n) is 7.07. The fourth-order valence-corrected chi connectivity index (χ4v) is 7.07. The highest BCUT2D eigenvalue weighted by atomic mass is 16.7. The third-order valence-corrected chi connectivity index (χ3v) is 9.13. The minimum Gasteiger partial charge on any atom is -0.658 e. The van der Waals surface area contributed by atoms with E-state index in [1.54, 1.807) is 0 Å². The number of nitrogens with zero attached hydrogens (tertiary/aromatic N) is 1. The molecule has 0 unspecified atom stereocenters. The number of ether oxygens (including phenoxy) is 4. The van der Waals surface area contributed by atoms with Gasteiger partial charge in [0.2, 0.25) is 5.79 Å². The van der Waals surface area contributed by atoms with Crippen LogP contribution in [0.1, 0.15) is 38.3 Å². The Balaban J connectivity index is 1.57. The number of carbonyl (C=O) groups excluding carboxylic acids is 1. The maximum Gasteiger partial charge on any atom is 0.333 e. The van der Waals surface area contributed by atoms with E-state index in [4.69, 9.17) is 18.9 Å². The van der Waals surface area contributed by atoms with Crippen LogP contribution in [0.3, 0.4) is 0 Å². The van der Waals surface area contributed by atoms with E-state index in [2.05, 4.69) is 11.6 Å². The van der Waals surface area contributed by atoms with Crippen molar-refractivity contribution in [2.24, 2.45) is 11.8 Å². The summed E-state index contributed by atoms with van der Waals surface area (Å²) in [6.07, 6.45) is 0.875. The zero-order valence-electron chi connectivity index (χ0n) is 23.0. The number of methoxy groups -OCH3 is 1. The summed E-state index contributed by atoms with van der Waals surface area (Å²) in [5.74, 6) is -5.73. The Hall–Kier alpha value is -3.00. The van der Waals surface area contributed by atoms with E-state index in [0.29, 0.717) is 17.3 Å². The summed E-state index contributed by atoms with van der Waals surface area (Å²) >= 11 is 0. The molecule has 1 aromatic heterocycles. The molecule has 1 spiro atoms. The van der Waals surface area contributed by atoms with Crippen molar-refractivity contribution in [3.8, 4) is 0 Å². The standard InChI is InChI=1S/C29H36NO11/c1-4-15-10-19-20-8-9-27(37)26(36)29(20,39-13-21(19)30-15)23(12-31)41-28(27,14-32)40-22-7-6-17(25(35)38-3)18(11-24(33)34)16(22)5-2/h5-6,10,13,16,18,22-23,26,31-32,36-37H,2,4,7-9,11-12,14H2,1,3H3,(H,33,34)/q-1/t16-,18+,22-,23-,26-,27-,28-,29-/m1/s1. The van der Waals surface area contributed by atoms with E-state index in [9.17, 15) is 35.1 Å². The number of carbonyl (C=O) groups is 2. The van der Waals surface area contributed by atoms with Crippen LogP contribution < -0.4 is 15.6 Å². The first-order valence-corrected chi connectivity index (χ1v) is 13.7. The first-order valence-electron chi connectivity index (χ1n) is 13.7. The van der Waals surface area contributed by atoms with Crippen molar-refractivity contribution in [1.82, 2.24) is 4.98 Å². The molecule has 224 valence electrons. The molecule has 2 aliphatic carbocycles. The number of hydrogen-bond acceptors (Lipinski definition) is 10. The van der Waals surface area contributed by atoms with Crippen LogP contribution in [0.15, 0.2) is 30.4 Å². The number of esters is 1. The van der Waals surface area contributed by atoms with E-state index in [1.807, 2.05) is 13.0 Å². The molecule has 12 nitrogen and oxygen atoms in total. The Kier molecular flexibility index (Phi) is 7.68. The molecule has 2 fully saturated rings. The summed E-state index contributed by atoms with van der Waals surface area (Å²) in [6.45, 7) is 4.22. The van der Waals surface area contributed by atoms with Crippen LogP contribution in [0, 0.1) is 11.8 Å². The third kappa shape index (κ3) is 4.19. The summed E-state index contributed by atoms with van der Waals surface area (Å²) < 4.78 is 23.6. The summed E-state index contributed by atoms with van der Waals surface area (Å²) in [5, 5.41) is 56.1. The predicted molar refractivity (Wildman–Crippen MR) is 141 cm³/mol. The molecule has 1 saturated carbocycles. The van der Waals surface area contributed by atoms with Gasteiger partial charge in [-0.1, -0.05) is 36.9 Å². The average Bonchev–Trinajstić information content (AvgIpc) is 3.39. The Labute approximate surface area is 236 Å². The number of aliphatic hydroxyl groups is 4. The molecule has 5 N–H and O–H groups in total. The van der Waals surface area contributed by atoms with Crippen molar-refractivity contribution in [3.63, 3.8) is 0 Å². The molecule has 1 saturated heterocycles. The van der Waals surface area contributed by atoms with Gasteiger partial charge in [0.1, 0.15) is 18.8 Å². The number of aliphatic carboxylic acids is 1. The predicted octanol–water partition coefficient (Wildman–Crippen LogP) is -1.39. The SMILES string of the molecule is C=C[C@@H]1[C@H](CC(=O)O)C(C(=O)OC)=CC[C@H]1O[C@]1(CO)O[C@H](CO)[C@]23OC=c4[n-]c(CC)cc4=C2CC[C@@]1(O)[C@H]3O. The molecular weight excluding hydrogens is 538 g/mol. The van der Waals surface area contributed by atoms with Gasteiger partial charge < -0.3 is 49.5 Å². The summed E-state index contributed by atoms with van der Waals surface area (Å²) in [7, 11) is 1.20. The van der Waals surface area contributed by atoms with Gasteiger partial charge in [-0.25, -0.2) is 4.79 Å². The van der Waals surface area contributed by atoms with Crippen molar-refractivity contribution < 1.29 is 54.1 Å². The number of carboxylic acids is 1. The number of fused-ring (bicyclic) bond motifs is 2. The number of rotatable bonds is 9. The highest BCUT2D eigenvalue weighted by Crippen LogP contribution is 2.56. The lowest BCUT2D eigenvalue weighted by Gasteiger charge is -2.64. The molecule has 1 aromatic rings. The molecular formula is C29H36NO11-. The first-order chi connectivity index (χ1) is 19.5. The Morgan fingerprint density at radius 3 is 2.68 bits per heavy atom. The molecule has 2 bridgehead atoms. The molecule has 0 radical (unpaired) electrons. The minimum absolute atomic E-state index is 0.0629. The number of hydrogen-bond donors (Lipinski definition) is 5. The second-order valence-electron chi connectivity index (χ2n) is 11.0. The number of aryl methyl sites for hydroxylation is 1. The molecule has 0 amide bonds. The zero-order valence-corrected chi connectivity index (χ0v) is 23.0. The molecule has 0 aromatic carbocycles. The van der Waals surface area contributed by atoms with Gasteiger partial charge in [0.25, 0.3) is 0 Å². The van der Waals surface area contributed by atoms with Crippen molar-refractivity contribution >= 4 is 23.8 Å². The van der Waals surface area contributed by atoms with E-state index in [-0.39, 0.29) is 24.8 Å². The van der Waals surface area contributed by atoms with E-state index < -0.39 is 78.7 Å². The van der Waals surface area contributed by atoms with Gasteiger partial charge in [-0.3, -0.25) is 4.79 Å². The number of aromatic nitrogens is 1. The number of aliphatic hydroxyl groups excluding tert-OH is 3. The van der Waals surface area contributed by atoms with Crippen molar-refractivity contribution in [1.29, 1.82) is 0 Å². The van der Waals surface area contributed by atoms with Crippen LogP contribution in [0.5, 0.6) is 0 Å². The lowest BCUT2D eigenvalue weighted by Crippen LogP contribution is -2.82. The molecule has 12 heteroatoms. The molecule has 8 atom stereocenters. The third-order valence-electron chi connectivity index (χ3n) is 9.13. The topological polar surface area (TPSA) is 186 Å². The van der Waals surface area contributed by atoms with E-state index in [1.165, 1.54) is 25.5 Å². The van der Waals surface area contributed by atoms with Crippen LogP contribution in [-0.2, 0) is 35.0 Å². The van der Waals surface area contributed by atoms with Crippen LogP contribution in [-0.4, -0.2) is 93.1 Å². The lowest BCUT2D eigenvalue weighted by molar-refractivity contribution is -0.434. The Bertz CT molecular complexity index is 1380. The molecule has 4 aliphatic rings. The van der Waals surface area contributed by atoms with Gasteiger partial charge in [-0.2, -0.15) is 5.69 Å². The van der Waals surface area contributed by atoms with Gasteiger partial charge in [0.15, 0.2) is 11.2 Å². The van der Waals surface area contributed by atoms with Crippen LogP contribution in [0.25, 0.3) is 11.8 Å². The van der Waals surface area contributed by atoms with Gasteiger partial charge in [0, 0.05) is 17.4 Å². The second-order valence-corrected chi connectivity index (χ2v) is 11.0. The maximum atomic E-state index is 12.4. The van der Waals surface area contributed by atoms with Crippen molar-refractivity contribution in [2.75, 3.05) is 20.3 Å². The monoisotopic (exact) mass is 574 g/mol. The maximum absolute atomic E-state index is 12.4. The fraction of sp³-hybridized carbons (Fsp3) is 0.586. The van der Waals surface area contributed by atoms with Gasteiger partial charge in [0.05, 0.1) is 32.5 Å². The quantitative estimate of drug-likeness (QED) is 0.172. The molecule has 3 heterocycles. The van der Waals surface area contributed by atoms with Gasteiger partial charge in [-0.05, 0) is 30.1 Å². The van der Waals surface area contributed by atoms with Crippen LogP contribution in [0.2, 0.25) is 0 Å². The Morgan fingerprint density at radius 2 is 2.07 bits per heavy atom. The van der Waals surface area contributed by atoms with E-state index in [0.717, 1.165) is 10.9 Å². The Morgan fingerprint density at radius 1 is 1.32 bits per heavy atom. The van der Waals surface area contributed by atoms with Gasteiger partial charge >= 0.3 is 11.9 Å². The second kappa shape index (κ2) is 10.7. The minimum atomic E-state index is -2.24. The van der Waals surface area contributed by atoms with Crippen molar-refractivity contribution in [2.45, 2.75) is 74.3 Å². The first kappa shape index (κ1) is 29.5. The summed E-state index contributed by atoms with van der Waals surface area (Å²) in [6, 6.07) is 1.89. The van der Waals surface area contributed by atoms with E-state index >= 15 is 0 Å². The van der Waals surface area contributed by atoms with Crippen LogP contribution >= 0.6 is 0 Å². The highest BCUT2D eigenvalue weighted by molar-refractivity contribution is 5.90. The lowest BCUT2D eigenvalue weighted by atomic mass is 9.61. The van der Waals surface area contributed by atoms with Gasteiger partial charge in [-0.15, -0.1) is 6.58 Å².